The van der Waals surface area contributed by atoms with Gasteiger partial charge in [-0.25, -0.2) is 4.98 Å². The smallest absolute Gasteiger partial charge is 0.305 e. The van der Waals surface area contributed by atoms with Crippen LogP contribution in [0.15, 0.2) is 29.9 Å². The molecular weight excluding hydrogens is 224 g/mol. The van der Waals surface area contributed by atoms with Crippen LogP contribution in [0.2, 0.25) is 0 Å². The van der Waals surface area contributed by atoms with Gasteiger partial charge in [-0.3, -0.25) is 4.79 Å². The van der Waals surface area contributed by atoms with E-state index < -0.39 is 5.97 Å². The van der Waals surface area contributed by atoms with Crippen LogP contribution >= 0.6 is 11.3 Å². The summed E-state index contributed by atoms with van der Waals surface area (Å²) in [5, 5.41) is 10.7. The fourth-order valence-corrected chi connectivity index (χ4v) is 2.20. The van der Waals surface area contributed by atoms with Crippen LogP contribution in [0, 0.1) is 0 Å². The van der Waals surface area contributed by atoms with Crippen molar-refractivity contribution in [1.29, 1.82) is 0 Å². The van der Waals surface area contributed by atoms with E-state index in [1.54, 1.807) is 17.5 Å². The van der Waals surface area contributed by atoms with Crippen LogP contribution in [0.5, 0.6) is 0 Å². The number of imidazole rings is 1. The first-order valence-electron chi connectivity index (χ1n) is 5.00. The van der Waals surface area contributed by atoms with Gasteiger partial charge in [0.05, 0.1) is 6.42 Å². The van der Waals surface area contributed by atoms with Gasteiger partial charge in [-0.1, -0.05) is 6.07 Å². The van der Waals surface area contributed by atoms with Crippen LogP contribution in [0.1, 0.15) is 17.1 Å². The molecule has 84 valence electrons. The van der Waals surface area contributed by atoms with Crippen molar-refractivity contribution in [1.82, 2.24) is 9.55 Å². The first-order valence-corrected chi connectivity index (χ1v) is 5.88. The average Bonchev–Trinajstić information content (AvgIpc) is 2.87. The van der Waals surface area contributed by atoms with E-state index in [9.17, 15) is 4.79 Å². The zero-order valence-electron chi connectivity index (χ0n) is 8.67. The zero-order valence-corrected chi connectivity index (χ0v) is 9.48. The van der Waals surface area contributed by atoms with Crippen molar-refractivity contribution < 1.29 is 9.90 Å². The third-order valence-electron chi connectivity index (χ3n) is 2.28. The second-order valence-corrected chi connectivity index (χ2v) is 4.47. The van der Waals surface area contributed by atoms with Crippen LogP contribution in [0.3, 0.4) is 0 Å². The molecule has 1 N–H and O–H groups in total. The molecule has 2 rings (SSSR count). The van der Waals surface area contributed by atoms with Gasteiger partial charge in [0.2, 0.25) is 0 Å². The molecule has 0 aliphatic carbocycles. The highest BCUT2D eigenvalue weighted by Crippen LogP contribution is 2.13. The van der Waals surface area contributed by atoms with Gasteiger partial charge in [0.25, 0.3) is 0 Å². The molecule has 0 radical (unpaired) electrons. The SMILES string of the molecule is O=C(O)CCn1ccnc1Cc1cccs1. The van der Waals surface area contributed by atoms with E-state index in [0.717, 1.165) is 12.2 Å². The molecule has 0 aromatic carbocycles. The third kappa shape index (κ3) is 2.70. The molecule has 0 spiro atoms. The van der Waals surface area contributed by atoms with Gasteiger partial charge in [0, 0.05) is 30.2 Å². The van der Waals surface area contributed by atoms with Gasteiger partial charge < -0.3 is 9.67 Å². The summed E-state index contributed by atoms with van der Waals surface area (Å²) in [6, 6.07) is 4.06. The van der Waals surface area contributed by atoms with Crippen LogP contribution < -0.4 is 0 Å². The van der Waals surface area contributed by atoms with Crippen LogP contribution in [0.4, 0.5) is 0 Å². The summed E-state index contributed by atoms with van der Waals surface area (Å²) in [6.07, 6.45) is 4.44. The number of nitrogens with zero attached hydrogens (tertiary/aromatic N) is 2. The van der Waals surface area contributed by atoms with Crippen molar-refractivity contribution in [2.24, 2.45) is 0 Å². The quantitative estimate of drug-likeness (QED) is 0.864. The minimum Gasteiger partial charge on any atom is -0.481 e. The van der Waals surface area contributed by atoms with Crippen LogP contribution in [-0.4, -0.2) is 20.6 Å². The number of aliphatic carboxylic acids is 1. The number of carbonyl (C=O) groups is 1. The summed E-state index contributed by atoms with van der Waals surface area (Å²) in [5.74, 6) is 0.138. The summed E-state index contributed by atoms with van der Waals surface area (Å²) in [5.41, 5.74) is 0. The van der Waals surface area contributed by atoms with Crippen molar-refractivity contribution in [2.45, 2.75) is 19.4 Å². The Morgan fingerprint density at radius 3 is 3.12 bits per heavy atom. The number of carboxylic acid groups (broad SMARTS) is 1. The standard InChI is InChI=1S/C11H12N2O2S/c14-11(15)3-5-13-6-4-12-10(13)8-9-2-1-7-16-9/h1-2,4,6-7H,3,5,8H2,(H,14,15). The lowest BCUT2D eigenvalue weighted by Crippen LogP contribution is -2.07. The summed E-state index contributed by atoms with van der Waals surface area (Å²) in [6.45, 7) is 0.482. The summed E-state index contributed by atoms with van der Waals surface area (Å²) in [7, 11) is 0. The maximum absolute atomic E-state index is 10.5. The summed E-state index contributed by atoms with van der Waals surface area (Å²) < 4.78 is 1.90. The molecule has 4 nitrogen and oxygen atoms in total. The summed E-state index contributed by atoms with van der Waals surface area (Å²) >= 11 is 1.68. The number of hydrogen-bond donors (Lipinski definition) is 1. The topological polar surface area (TPSA) is 55.1 Å². The van der Waals surface area contributed by atoms with Gasteiger partial charge in [-0.2, -0.15) is 0 Å². The maximum atomic E-state index is 10.5. The molecule has 0 unspecified atom stereocenters. The van der Waals surface area contributed by atoms with E-state index in [-0.39, 0.29) is 6.42 Å². The second kappa shape index (κ2) is 4.94. The Labute approximate surface area is 97.2 Å². The lowest BCUT2D eigenvalue weighted by molar-refractivity contribution is -0.137. The molecule has 0 aliphatic rings. The predicted molar refractivity (Wildman–Crippen MR) is 61.6 cm³/mol. The minimum absolute atomic E-state index is 0.133. The zero-order chi connectivity index (χ0) is 11.4. The molecule has 16 heavy (non-hydrogen) atoms. The molecular formula is C11H12N2O2S. The van der Waals surface area contributed by atoms with Gasteiger partial charge in [-0.05, 0) is 11.4 Å². The molecule has 0 bridgehead atoms. The van der Waals surface area contributed by atoms with E-state index in [1.807, 2.05) is 22.2 Å². The van der Waals surface area contributed by atoms with E-state index in [2.05, 4.69) is 11.1 Å². The lowest BCUT2D eigenvalue weighted by Gasteiger charge is -2.04. The molecule has 0 atom stereocenters. The van der Waals surface area contributed by atoms with Crippen molar-refractivity contribution in [2.75, 3.05) is 0 Å². The van der Waals surface area contributed by atoms with E-state index in [4.69, 9.17) is 5.11 Å². The van der Waals surface area contributed by atoms with Crippen molar-refractivity contribution in [3.63, 3.8) is 0 Å². The number of aryl methyl sites for hydroxylation is 1. The second-order valence-electron chi connectivity index (χ2n) is 3.44. The Hall–Kier alpha value is -1.62. The normalized spacial score (nSPS) is 10.5. The Morgan fingerprint density at radius 1 is 1.56 bits per heavy atom. The molecule has 2 aromatic rings. The Kier molecular flexibility index (Phi) is 3.36. The van der Waals surface area contributed by atoms with Crippen molar-refractivity contribution in [3.05, 3.63) is 40.6 Å². The van der Waals surface area contributed by atoms with E-state index >= 15 is 0 Å². The largest absolute Gasteiger partial charge is 0.481 e. The fourth-order valence-electron chi connectivity index (χ4n) is 1.50. The van der Waals surface area contributed by atoms with Crippen molar-refractivity contribution in [3.8, 4) is 0 Å². The van der Waals surface area contributed by atoms with Crippen molar-refractivity contribution >= 4 is 17.3 Å². The molecule has 0 saturated heterocycles. The molecule has 0 aliphatic heterocycles. The van der Waals surface area contributed by atoms with Gasteiger partial charge in [0.1, 0.15) is 5.82 Å². The Morgan fingerprint density at radius 2 is 2.44 bits per heavy atom. The highest BCUT2D eigenvalue weighted by molar-refractivity contribution is 7.09. The number of hydrogen-bond acceptors (Lipinski definition) is 3. The highest BCUT2D eigenvalue weighted by Gasteiger charge is 2.06. The molecule has 0 saturated carbocycles. The minimum atomic E-state index is -0.782. The average molecular weight is 236 g/mol. The van der Waals surface area contributed by atoms with E-state index in [0.29, 0.717) is 6.54 Å². The van der Waals surface area contributed by atoms with E-state index in [1.165, 1.54) is 4.88 Å². The number of thiophene rings is 1. The van der Waals surface area contributed by atoms with Gasteiger partial charge >= 0.3 is 5.97 Å². The fraction of sp³-hybridized carbons (Fsp3) is 0.273. The molecule has 0 fully saturated rings. The molecule has 0 amide bonds. The lowest BCUT2D eigenvalue weighted by atomic mass is 10.3. The van der Waals surface area contributed by atoms with Crippen LogP contribution in [-0.2, 0) is 17.8 Å². The summed E-state index contributed by atoms with van der Waals surface area (Å²) in [4.78, 5) is 16.0. The number of aromatic nitrogens is 2. The maximum Gasteiger partial charge on any atom is 0.305 e. The number of rotatable bonds is 5. The Bertz CT molecular complexity index is 462. The first kappa shape index (κ1) is 10.9. The highest BCUT2D eigenvalue weighted by atomic mass is 32.1. The third-order valence-corrected chi connectivity index (χ3v) is 3.16. The van der Waals surface area contributed by atoms with Gasteiger partial charge in [0.15, 0.2) is 0 Å². The molecule has 5 heteroatoms. The number of carboxylic acids is 1. The Balaban J connectivity index is 2.04. The van der Waals surface area contributed by atoms with Crippen LogP contribution in [0.25, 0.3) is 0 Å². The van der Waals surface area contributed by atoms with Gasteiger partial charge in [-0.15, -0.1) is 11.3 Å². The predicted octanol–water partition coefficient (Wildman–Crippen LogP) is 2.01. The molecule has 2 aromatic heterocycles. The first-order chi connectivity index (χ1) is 7.75. The molecule has 2 heterocycles. The monoisotopic (exact) mass is 236 g/mol.